The van der Waals surface area contributed by atoms with E-state index < -0.39 is 0 Å². The van der Waals surface area contributed by atoms with E-state index in [-0.39, 0.29) is 11.3 Å². The van der Waals surface area contributed by atoms with E-state index in [1.807, 2.05) is 0 Å². The average Bonchev–Trinajstić information content (AvgIpc) is 2.73. The number of hydrogen-bond acceptors (Lipinski definition) is 2. The Kier molecular flexibility index (Phi) is 5.25. The molecular weight excluding hydrogens is 226 g/mol. The van der Waals surface area contributed by atoms with Crippen LogP contribution in [0.2, 0.25) is 0 Å². The molecule has 0 aliphatic carbocycles. The lowest BCUT2D eigenvalue weighted by Crippen LogP contribution is -2.34. The molecule has 0 saturated heterocycles. The van der Waals surface area contributed by atoms with Crippen molar-refractivity contribution in [3.8, 4) is 0 Å². The summed E-state index contributed by atoms with van der Waals surface area (Å²) in [5.74, 6) is -0.0877. The van der Waals surface area contributed by atoms with Gasteiger partial charge in [0.25, 0.3) is 5.91 Å². The van der Waals surface area contributed by atoms with E-state index in [9.17, 15) is 4.79 Å². The monoisotopic (exact) mass is 251 g/mol. The van der Waals surface area contributed by atoms with Crippen LogP contribution in [-0.4, -0.2) is 17.4 Å². The second kappa shape index (κ2) is 6.47. The third kappa shape index (κ3) is 4.82. The highest BCUT2D eigenvalue weighted by molar-refractivity contribution is 5.93. The number of nitrogen functional groups attached to an aromatic ring is 1. The Morgan fingerprint density at radius 1 is 1.44 bits per heavy atom. The lowest BCUT2D eigenvalue weighted by Gasteiger charge is -2.24. The van der Waals surface area contributed by atoms with Crippen molar-refractivity contribution in [1.82, 2.24) is 10.3 Å². The van der Waals surface area contributed by atoms with Crippen molar-refractivity contribution in [2.75, 3.05) is 12.3 Å². The zero-order valence-corrected chi connectivity index (χ0v) is 11.7. The molecule has 0 fully saturated rings. The maximum Gasteiger partial charge on any atom is 0.267 e. The third-order valence-corrected chi connectivity index (χ3v) is 3.13. The first-order chi connectivity index (χ1) is 8.44. The molecule has 1 aromatic heterocycles. The predicted octanol–water partition coefficient (Wildman–Crippen LogP) is 2.93. The normalized spacial score (nSPS) is 11.5. The molecule has 1 rings (SSSR count). The minimum atomic E-state index is -0.0877. The van der Waals surface area contributed by atoms with E-state index in [0.29, 0.717) is 17.9 Å². The zero-order chi connectivity index (χ0) is 13.6. The van der Waals surface area contributed by atoms with Crippen molar-refractivity contribution in [2.24, 2.45) is 5.41 Å². The summed E-state index contributed by atoms with van der Waals surface area (Å²) in [6.45, 7) is 7.26. The first kappa shape index (κ1) is 14.6. The third-order valence-electron chi connectivity index (χ3n) is 3.13. The number of rotatable bonds is 7. The maximum absolute atomic E-state index is 11.8. The fourth-order valence-electron chi connectivity index (χ4n) is 1.90. The van der Waals surface area contributed by atoms with Crippen LogP contribution in [0.3, 0.4) is 0 Å². The summed E-state index contributed by atoms with van der Waals surface area (Å²) in [5, 5.41) is 2.95. The van der Waals surface area contributed by atoms with Gasteiger partial charge in [-0.3, -0.25) is 4.79 Å². The Hall–Kier alpha value is -1.45. The quantitative estimate of drug-likeness (QED) is 0.652. The van der Waals surface area contributed by atoms with Gasteiger partial charge in [-0.25, -0.2) is 0 Å². The highest BCUT2D eigenvalue weighted by Gasteiger charge is 2.19. The first-order valence-corrected chi connectivity index (χ1v) is 6.67. The molecule has 102 valence electrons. The molecule has 1 aromatic rings. The second-order valence-corrected chi connectivity index (χ2v) is 5.65. The van der Waals surface area contributed by atoms with Crippen molar-refractivity contribution in [3.05, 3.63) is 18.0 Å². The van der Waals surface area contributed by atoms with Gasteiger partial charge in [-0.2, -0.15) is 0 Å². The fourth-order valence-corrected chi connectivity index (χ4v) is 1.90. The molecule has 0 saturated carbocycles. The lowest BCUT2D eigenvalue weighted by molar-refractivity contribution is 0.0929. The molecular formula is C14H25N3O. The summed E-state index contributed by atoms with van der Waals surface area (Å²) in [6, 6.07) is 1.65. The van der Waals surface area contributed by atoms with Crippen LogP contribution in [0, 0.1) is 5.41 Å². The molecule has 0 atom stereocenters. The molecule has 1 heterocycles. The molecule has 0 radical (unpaired) electrons. The Bertz CT molecular complexity index is 382. The highest BCUT2D eigenvalue weighted by Crippen LogP contribution is 2.22. The number of aromatic nitrogens is 1. The van der Waals surface area contributed by atoms with Crippen LogP contribution in [0.1, 0.15) is 56.9 Å². The molecule has 0 bridgehead atoms. The van der Waals surface area contributed by atoms with Crippen LogP contribution in [-0.2, 0) is 0 Å². The molecule has 4 N–H and O–H groups in total. The standard InChI is InChI=1S/C14H25N3O/c1-4-5-6-7-14(2,3)10-17-13(18)12-8-11(15)9-16-12/h8-9,16H,4-7,10,15H2,1-3H3,(H,17,18). The van der Waals surface area contributed by atoms with Gasteiger partial charge in [-0.1, -0.05) is 40.0 Å². The topological polar surface area (TPSA) is 70.9 Å². The number of H-pyrrole nitrogens is 1. The summed E-state index contributed by atoms with van der Waals surface area (Å²) in [5.41, 5.74) is 6.82. The van der Waals surface area contributed by atoms with Crippen molar-refractivity contribution in [3.63, 3.8) is 0 Å². The molecule has 0 aliphatic heterocycles. The summed E-state index contributed by atoms with van der Waals surface area (Å²) in [4.78, 5) is 14.7. The van der Waals surface area contributed by atoms with Crippen LogP contribution >= 0.6 is 0 Å². The number of hydrogen-bond donors (Lipinski definition) is 3. The predicted molar refractivity (Wildman–Crippen MR) is 75.5 cm³/mol. The van der Waals surface area contributed by atoms with Gasteiger partial charge in [0.05, 0.1) is 0 Å². The number of amides is 1. The van der Waals surface area contributed by atoms with Crippen molar-refractivity contribution >= 4 is 11.6 Å². The number of unbranched alkanes of at least 4 members (excludes halogenated alkanes) is 2. The smallest absolute Gasteiger partial charge is 0.267 e. The number of carbonyl (C=O) groups is 1. The number of anilines is 1. The van der Waals surface area contributed by atoms with Gasteiger partial charge in [0.1, 0.15) is 5.69 Å². The molecule has 4 heteroatoms. The van der Waals surface area contributed by atoms with E-state index in [0.717, 1.165) is 6.42 Å². The Morgan fingerprint density at radius 2 is 2.17 bits per heavy atom. The second-order valence-electron chi connectivity index (χ2n) is 5.65. The summed E-state index contributed by atoms with van der Waals surface area (Å²) in [7, 11) is 0. The first-order valence-electron chi connectivity index (χ1n) is 6.67. The Morgan fingerprint density at radius 3 is 2.72 bits per heavy atom. The Balaban J connectivity index is 2.37. The number of nitrogens with one attached hydrogen (secondary N) is 2. The van der Waals surface area contributed by atoms with E-state index in [1.165, 1.54) is 19.3 Å². The van der Waals surface area contributed by atoms with Gasteiger partial charge in [-0.05, 0) is 17.9 Å². The summed E-state index contributed by atoms with van der Waals surface area (Å²) >= 11 is 0. The lowest BCUT2D eigenvalue weighted by atomic mass is 9.87. The van der Waals surface area contributed by atoms with E-state index in [4.69, 9.17) is 5.73 Å². The highest BCUT2D eigenvalue weighted by atomic mass is 16.1. The number of nitrogens with two attached hydrogens (primary N) is 1. The summed E-state index contributed by atoms with van der Waals surface area (Å²) in [6.07, 6.45) is 6.46. The molecule has 0 spiro atoms. The molecule has 0 aliphatic rings. The minimum absolute atomic E-state index is 0.0877. The zero-order valence-electron chi connectivity index (χ0n) is 11.7. The van der Waals surface area contributed by atoms with E-state index >= 15 is 0 Å². The fraction of sp³-hybridized carbons (Fsp3) is 0.643. The Labute approximate surface area is 109 Å². The molecule has 4 nitrogen and oxygen atoms in total. The largest absolute Gasteiger partial charge is 0.397 e. The van der Waals surface area contributed by atoms with Crippen molar-refractivity contribution < 1.29 is 4.79 Å². The van der Waals surface area contributed by atoms with Crippen LogP contribution in [0.4, 0.5) is 5.69 Å². The van der Waals surface area contributed by atoms with Gasteiger partial charge < -0.3 is 16.0 Å². The van der Waals surface area contributed by atoms with Gasteiger partial charge in [0, 0.05) is 18.4 Å². The maximum atomic E-state index is 11.8. The average molecular weight is 251 g/mol. The van der Waals surface area contributed by atoms with Crippen LogP contribution in [0.15, 0.2) is 12.3 Å². The van der Waals surface area contributed by atoms with Gasteiger partial charge >= 0.3 is 0 Å². The van der Waals surface area contributed by atoms with Crippen LogP contribution in [0.5, 0.6) is 0 Å². The van der Waals surface area contributed by atoms with Gasteiger partial charge in [-0.15, -0.1) is 0 Å². The van der Waals surface area contributed by atoms with Gasteiger partial charge in [0.2, 0.25) is 0 Å². The van der Waals surface area contributed by atoms with E-state index in [2.05, 4.69) is 31.1 Å². The van der Waals surface area contributed by atoms with E-state index in [1.54, 1.807) is 12.3 Å². The van der Waals surface area contributed by atoms with Crippen molar-refractivity contribution in [1.29, 1.82) is 0 Å². The number of aromatic amines is 1. The summed E-state index contributed by atoms with van der Waals surface area (Å²) < 4.78 is 0. The van der Waals surface area contributed by atoms with Crippen LogP contribution < -0.4 is 11.1 Å². The molecule has 18 heavy (non-hydrogen) atoms. The van der Waals surface area contributed by atoms with Crippen LogP contribution in [0.25, 0.3) is 0 Å². The molecule has 1 amide bonds. The molecule has 0 aromatic carbocycles. The van der Waals surface area contributed by atoms with Crippen molar-refractivity contribution in [2.45, 2.75) is 46.5 Å². The minimum Gasteiger partial charge on any atom is -0.397 e. The number of carbonyl (C=O) groups excluding carboxylic acids is 1. The van der Waals surface area contributed by atoms with Gasteiger partial charge in [0.15, 0.2) is 0 Å². The SMILES string of the molecule is CCCCCC(C)(C)CNC(=O)c1cc(N)c[nH]1. The molecule has 0 unspecified atom stereocenters.